The first-order valence-electron chi connectivity index (χ1n) is 8.17. The van der Waals surface area contributed by atoms with Gasteiger partial charge in [-0.2, -0.15) is 0 Å². The molecule has 0 bridgehead atoms. The van der Waals surface area contributed by atoms with Crippen molar-refractivity contribution < 1.29 is 28.7 Å². The van der Waals surface area contributed by atoms with Crippen molar-refractivity contribution in [1.82, 2.24) is 9.80 Å². The van der Waals surface area contributed by atoms with Gasteiger partial charge in [-0.25, -0.2) is 4.39 Å². The summed E-state index contributed by atoms with van der Waals surface area (Å²) in [6.07, 6.45) is -1.82. The van der Waals surface area contributed by atoms with Crippen LogP contribution in [0.15, 0.2) is 42.5 Å². The Morgan fingerprint density at radius 3 is 1.78 bits per heavy atom. The second kappa shape index (κ2) is 6.01. The van der Waals surface area contributed by atoms with Crippen molar-refractivity contribution >= 4 is 23.6 Å². The summed E-state index contributed by atoms with van der Waals surface area (Å²) in [5, 5.41) is 9.78. The fourth-order valence-corrected chi connectivity index (χ4v) is 3.34. The second-order valence-electron chi connectivity index (χ2n) is 6.28. The zero-order valence-corrected chi connectivity index (χ0v) is 13.9. The zero-order valence-electron chi connectivity index (χ0n) is 13.9. The van der Waals surface area contributed by atoms with Crippen molar-refractivity contribution in [3.63, 3.8) is 0 Å². The van der Waals surface area contributed by atoms with Crippen LogP contribution in [0.5, 0.6) is 5.75 Å². The number of hydrogen-bond donors (Lipinski definition) is 1. The monoisotopic (exact) mass is 368 g/mol. The number of fused-ring (bicyclic) bond motifs is 2. The molecule has 0 saturated carbocycles. The van der Waals surface area contributed by atoms with E-state index < -0.39 is 42.9 Å². The molecule has 1 atom stereocenters. The minimum Gasteiger partial charge on any atom is -0.507 e. The SMILES string of the molecule is O=C1c2ccccc2C(=O)N1CC(F)CN1C(=O)c2cccc(O)c2C1=O. The van der Waals surface area contributed by atoms with Crippen LogP contribution < -0.4 is 0 Å². The molecule has 136 valence electrons. The van der Waals surface area contributed by atoms with E-state index in [9.17, 15) is 28.7 Å². The fourth-order valence-electron chi connectivity index (χ4n) is 3.34. The molecule has 0 saturated heterocycles. The number of carbonyl (C=O) groups excluding carboxylic acids is 4. The van der Waals surface area contributed by atoms with Crippen LogP contribution in [0, 0.1) is 0 Å². The molecule has 2 aliphatic rings. The van der Waals surface area contributed by atoms with E-state index in [1.807, 2.05) is 0 Å². The zero-order chi connectivity index (χ0) is 19.3. The van der Waals surface area contributed by atoms with Crippen LogP contribution in [0.1, 0.15) is 41.4 Å². The summed E-state index contributed by atoms with van der Waals surface area (Å²) in [5.74, 6) is -3.12. The van der Waals surface area contributed by atoms with Gasteiger partial charge in [-0.1, -0.05) is 18.2 Å². The lowest BCUT2D eigenvalue weighted by Gasteiger charge is -2.20. The molecule has 0 spiro atoms. The van der Waals surface area contributed by atoms with Crippen LogP contribution in [0.4, 0.5) is 4.39 Å². The minimum atomic E-state index is -1.82. The third-order valence-electron chi connectivity index (χ3n) is 4.62. The average molecular weight is 368 g/mol. The fraction of sp³-hybridized carbons (Fsp3) is 0.158. The third-order valence-corrected chi connectivity index (χ3v) is 4.62. The lowest BCUT2D eigenvalue weighted by atomic mass is 10.1. The molecule has 2 heterocycles. The Labute approximate surface area is 152 Å². The number of phenols is 1. The Bertz CT molecular complexity index is 984. The Balaban J connectivity index is 1.50. The van der Waals surface area contributed by atoms with Gasteiger partial charge < -0.3 is 5.11 Å². The number of nitrogens with zero attached hydrogens (tertiary/aromatic N) is 2. The molecule has 8 heteroatoms. The van der Waals surface area contributed by atoms with Crippen LogP contribution >= 0.6 is 0 Å². The van der Waals surface area contributed by atoms with Gasteiger partial charge in [0.15, 0.2) is 0 Å². The van der Waals surface area contributed by atoms with Crippen LogP contribution in [0.2, 0.25) is 0 Å². The van der Waals surface area contributed by atoms with E-state index in [-0.39, 0.29) is 28.0 Å². The van der Waals surface area contributed by atoms with E-state index in [0.29, 0.717) is 4.90 Å². The maximum Gasteiger partial charge on any atom is 0.265 e. The van der Waals surface area contributed by atoms with Crippen molar-refractivity contribution in [2.75, 3.05) is 13.1 Å². The lowest BCUT2D eigenvalue weighted by molar-refractivity contribution is 0.0545. The van der Waals surface area contributed by atoms with Crippen LogP contribution in [-0.4, -0.2) is 57.8 Å². The number of hydrogen-bond acceptors (Lipinski definition) is 5. The minimum absolute atomic E-state index is 0.00655. The normalized spacial score (nSPS) is 16.8. The van der Waals surface area contributed by atoms with Crippen LogP contribution in [0.3, 0.4) is 0 Å². The first kappa shape index (κ1) is 16.9. The standard InChI is InChI=1S/C19H13FN2O5/c20-10(8-21-16(24)11-4-1-2-5-12(11)17(21)25)9-22-18(26)13-6-3-7-14(23)15(13)19(22)27/h1-7,10,23H,8-9H2. The highest BCUT2D eigenvalue weighted by Crippen LogP contribution is 2.30. The van der Waals surface area contributed by atoms with Gasteiger partial charge in [-0.3, -0.25) is 29.0 Å². The van der Waals surface area contributed by atoms with E-state index in [1.165, 1.54) is 30.3 Å². The summed E-state index contributed by atoms with van der Waals surface area (Å²) in [5.41, 5.74) is 0.212. The number of aromatic hydroxyl groups is 1. The van der Waals surface area contributed by atoms with Gasteiger partial charge in [0.1, 0.15) is 11.9 Å². The molecular formula is C19H13FN2O5. The van der Waals surface area contributed by atoms with Crippen molar-refractivity contribution in [3.05, 3.63) is 64.7 Å². The van der Waals surface area contributed by atoms with Crippen LogP contribution in [-0.2, 0) is 0 Å². The van der Waals surface area contributed by atoms with Gasteiger partial charge in [-0.05, 0) is 24.3 Å². The van der Waals surface area contributed by atoms with E-state index in [1.54, 1.807) is 12.1 Å². The number of alkyl halides is 1. The van der Waals surface area contributed by atoms with Crippen LogP contribution in [0.25, 0.3) is 0 Å². The molecule has 4 amide bonds. The van der Waals surface area contributed by atoms with Gasteiger partial charge >= 0.3 is 0 Å². The third kappa shape index (κ3) is 2.49. The molecule has 0 aliphatic carbocycles. The number of carbonyl (C=O) groups is 4. The first-order valence-corrected chi connectivity index (χ1v) is 8.17. The average Bonchev–Trinajstić information content (AvgIpc) is 3.04. The summed E-state index contributed by atoms with van der Waals surface area (Å²) in [6.45, 7) is -1.20. The molecule has 2 aliphatic heterocycles. The molecule has 0 aromatic heterocycles. The highest BCUT2D eigenvalue weighted by Gasteiger charge is 2.41. The molecular weight excluding hydrogens is 355 g/mol. The first-order chi connectivity index (χ1) is 12.9. The van der Waals surface area contributed by atoms with Gasteiger partial charge in [0.2, 0.25) is 0 Å². The molecule has 27 heavy (non-hydrogen) atoms. The van der Waals surface area contributed by atoms with Crippen molar-refractivity contribution in [3.8, 4) is 5.75 Å². The molecule has 4 rings (SSSR count). The highest BCUT2D eigenvalue weighted by atomic mass is 19.1. The summed E-state index contributed by atoms with van der Waals surface area (Å²) < 4.78 is 14.6. The van der Waals surface area contributed by atoms with Crippen molar-refractivity contribution in [2.24, 2.45) is 0 Å². The lowest BCUT2D eigenvalue weighted by Crippen LogP contribution is -2.42. The van der Waals surface area contributed by atoms with E-state index in [4.69, 9.17) is 0 Å². The number of benzene rings is 2. The Kier molecular flexibility index (Phi) is 3.76. The van der Waals surface area contributed by atoms with E-state index in [2.05, 4.69) is 0 Å². The molecule has 2 aromatic rings. The summed E-state index contributed by atoms with van der Waals surface area (Å²) in [6, 6.07) is 10.2. The molecule has 1 unspecified atom stereocenters. The number of imide groups is 2. The van der Waals surface area contributed by atoms with E-state index >= 15 is 0 Å². The predicted octanol–water partition coefficient (Wildman–Crippen LogP) is 1.62. The Morgan fingerprint density at radius 1 is 0.741 bits per heavy atom. The van der Waals surface area contributed by atoms with E-state index in [0.717, 1.165) is 4.90 Å². The summed E-state index contributed by atoms with van der Waals surface area (Å²) in [7, 11) is 0. The van der Waals surface area contributed by atoms with Gasteiger partial charge in [0.05, 0.1) is 35.3 Å². The Morgan fingerprint density at radius 2 is 1.22 bits per heavy atom. The van der Waals surface area contributed by atoms with Crippen molar-refractivity contribution in [1.29, 1.82) is 0 Å². The number of halogens is 1. The molecule has 7 nitrogen and oxygen atoms in total. The van der Waals surface area contributed by atoms with Crippen molar-refractivity contribution in [2.45, 2.75) is 6.17 Å². The number of phenolic OH excluding ortho intramolecular Hbond substituents is 1. The predicted molar refractivity (Wildman–Crippen MR) is 90.2 cm³/mol. The van der Waals surface area contributed by atoms with Gasteiger partial charge in [0, 0.05) is 0 Å². The highest BCUT2D eigenvalue weighted by molar-refractivity contribution is 6.23. The summed E-state index contributed by atoms with van der Waals surface area (Å²) in [4.78, 5) is 50.7. The number of rotatable bonds is 4. The molecule has 0 fully saturated rings. The molecule has 0 radical (unpaired) electrons. The number of amides is 4. The largest absolute Gasteiger partial charge is 0.507 e. The Hall–Kier alpha value is -3.55. The topological polar surface area (TPSA) is 95.0 Å². The second-order valence-corrected chi connectivity index (χ2v) is 6.28. The quantitative estimate of drug-likeness (QED) is 0.828. The maximum absolute atomic E-state index is 14.6. The molecule has 1 N–H and O–H groups in total. The smallest absolute Gasteiger partial charge is 0.265 e. The summed E-state index contributed by atoms with van der Waals surface area (Å²) >= 11 is 0. The molecule has 2 aromatic carbocycles. The maximum atomic E-state index is 14.6. The van der Waals surface area contributed by atoms with Gasteiger partial charge in [-0.15, -0.1) is 0 Å². The van der Waals surface area contributed by atoms with Gasteiger partial charge in [0.25, 0.3) is 23.6 Å².